The van der Waals surface area contributed by atoms with Gasteiger partial charge in [0, 0.05) is 77.3 Å². The summed E-state index contributed by atoms with van der Waals surface area (Å²) in [5.41, 5.74) is 7.80. The van der Waals surface area contributed by atoms with Crippen LogP contribution < -0.4 is 15.5 Å². The molecule has 0 fully saturated rings. The second-order valence-corrected chi connectivity index (χ2v) is 8.12. The quantitative estimate of drug-likeness (QED) is 0.369. The van der Waals surface area contributed by atoms with Crippen LogP contribution in [0.5, 0.6) is 0 Å². The zero-order valence-corrected chi connectivity index (χ0v) is 19.1. The third kappa shape index (κ3) is 6.93. The molecule has 0 unspecified atom stereocenters. The van der Waals surface area contributed by atoms with E-state index in [1.54, 1.807) is 18.6 Å². The number of hydrogen-bond donors (Lipinski definition) is 1. The molecule has 0 spiro atoms. The van der Waals surface area contributed by atoms with Crippen molar-refractivity contribution in [1.29, 1.82) is 0 Å². The van der Waals surface area contributed by atoms with Gasteiger partial charge in [-0.3, -0.25) is 0 Å². The lowest BCUT2D eigenvalue weighted by Crippen LogP contribution is -2.44. The van der Waals surface area contributed by atoms with Gasteiger partial charge in [0.2, 0.25) is 0 Å². The Labute approximate surface area is 195 Å². The van der Waals surface area contributed by atoms with Gasteiger partial charge in [-0.2, -0.15) is 0 Å². The molecule has 3 aromatic rings. The Morgan fingerprint density at radius 2 is 1.39 bits per heavy atom. The molecule has 33 heavy (non-hydrogen) atoms. The fraction of sp³-hybridized carbons (Fsp3) is 0.522. The largest absolute Gasteiger partial charge is 0.397 e. The average molecular weight is 455 g/mol. The van der Waals surface area contributed by atoms with Crippen molar-refractivity contribution in [2.24, 2.45) is 0 Å². The molecule has 1 aliphatic heterocycles. The first-order chi connectivity index (χ1) is 16.3. The Morgan fingerprint density at radius 3 is 2.00 bits per heavy atom. The van der Waals surface area contributed by atoms with Gasteiger partial charge in [0.15, 0.2) is 5.82 Å². The van der Waals surface area contributed by atoms with E-state index in [0.717, 1.165) is 76.8 Å². The Hall–Kier alpha value is -3.11. The summed E-state index contributed by atoms with van der Waals surface area (Å²) in [7, 11) is 0. The van der Waals surface area contributed by atoms with Gasteiger partial charge in [0.1, 0.15) is 0 Å². The van der Waals surface area contributed by atoms with Crippen LogP contribution in [-0.4, -0.2) is 76.7 Å². The molecule has 0 saturated heterocycles. The number of nitrogen functional groups attached to an aromatic ring is 1. The number of nitrogens with zero attached hydrogens (tertiary/aromatic N) is 7. The van der Waals surface area contributed by atoms with Crippen LogP contribution >= 0.6 is 0 Å². The van der Waals surface area contributed by atoms with Crippen molar-refractivity contribution < 1.29 is 9.47 Å². The van der Waals surface area contributed by atoms with E-state index in [-0.39, 0.29) is 0 Å². The number of rotatable bonds is 14. The van der Waals surface area contributed by atoms with Crippen LogP contribution in [0.25, 0.3) is 0 Å². The number of nitrogens with two attached hydrogens (primary N) is 1. The van der Waals surface area contributed by atoms with Gasteiger partial charge >= 0.3 is 0 Å². The van der Waals surface area contributed by atoms with E-state index in [9.17, 15) is 0 Å². The number of pyridine rings is 1. The van der Waals surface area contributed by atoms with Gasteiger partial charge < -0.3 is 34.1 Å². The standard InChI is InChI=1S/C23H34N8O2/c24-21-17-22-23(27-18-21)31(12-16-33-14-2-6-29-8-4-26-20-29)10-9-30(22)11-15-32-13-1-5-28-7-3-25-19-28/h3-4,7-8,17-20H,1-2,5-6,9-16,24H2. The van der Waals surface area contributed by atoms with E-state index in [4.69, 9.17) is 15.2 Å². The summed E-state index contributed by atoms with van der Waals surface area (Å²) >= 11 is 0. The molecular weight excluding hydrogens is 420 g/mol. The molecule has 178 valence electrons. The zero-order chi connectivity index (χ0) is 22.7. The van der Waals surface area contributed by atoms with Crippen molar-refractivity contribution in [2.45, 2.75) is 25.9 Å². The summed E-state index contributed by atoms with van der Waals surface area (Å²) in [6, 6.07) is 2.01. The molecule has 1 aliphatic rings. The van der Waals surface area contributed by atoms with Crippen LogP contribution in [0.3, 0.4) is 0 Å². The molecule has 0 bridgehead atoms. The molecule has 2 N–H and O–H groups in total. The van der Waals surface area contributed by atoms with Crippen LogP contribution in [0, 0.1) is 0 Å². The average Bonchev–Trinajstić information content (AvgIpc) is 3.53. The predicted molar refractivity (Wildman–Crippen MR) is 128 cm³/mol. The van der Waals surface area contributed by atoms with Crippen LogP contribution in [0.4, 0.5) is 17.2 Å². The minimum absolute atomic E-state index is 0.676. The van der Waals surface area contributed by atoms with Crippen molar-refractivity contribution >= 4 is 17.2 Å². The molecule has 3 aromatic heterocycles. The lowest BCUT2D eigenvalue weighted by Gasteiger charge is -2.38. The summed E-state index contributed by atoms with van der Waals surface area (Å²) in [6.45, 7) is 8.13. The third-order valence-electron chi connectivity index (χ3n) is 5.69. The first-order valence-corrected chi connectivity index (χ1v) is 11.6. The Morgan fingerprint density at radius 1 is 0.788 bits per heavy atom. The highest BCUT2D eigenvalue weighted by atomic mass is 16.5. The van der Waals surface area contributed by atoms with Gasteiger partial charge in [-0.1, -0.05) is 0 Å². The minimum atomic E-state index is 0.676. The zero-order valence-electron chi connectivity index (χ0n) is 19.1. The van der Waals surface area contributed by atoms with Crippen molar-refractivity contribution in [3.63, 3.8) is 0 Å². The maximum Gasteiger partial charge on any atom is 0.152 e. The molecular formula is C23H34N8O2. The third-order valence-corrected chi connectivity index (χ3v) is 5.69. The van der Waals surface area contributed by atoms with E-state index in [1.807, 2.05) is 31.1 Å². The maximum atomic E-state index is 6.05. The van der Waals surface area contributed by atoms with Crippen molar-refractivity contribution in [2.75, 3.05) is 68.1 Å². The minimum Gasteiger partial charge on any atom is -0.397 e. The van der Waals surface area contributed by atoms with E-state index >= 15 is 0 Å². The highest BCUT2D eigenvalue weighted by Crippen LogP contribution is 2.32. The SMILES string of the molecule is Nc1cnc2c(c1)N(CCOCCCn1ccnc1)CCN2CCOCCCn1ccnc1. The molecule has 0 aromatic carbocycles. The fourth-order valence-electron chi connectivity index (χ4n) is 3.95. The van der Waals surface area contributed by atoms with E-state index < -0.39 is 0 Å². The molecule has 4 heterocycles. The second-order valence-electron chi connectivity index (χ2n) is 8.12. The van der Waals surface area contributed by atoms with Crippen molar-refractivity contribution in [3.05, 3.63) is 49.7 Å². The topological polar surface area (TPSA) is 99.5 Å². The lowest BCUT2D eigenvalue weighted by atomic mass is 10.2. The number of imidazole rings is 2. The number of hydrogen-bond acceptors (Lipinski definition) is 8. The highest BCUT2D eigenvalue weighted by molar-refractivity contribution is 5.72. The Balaban J connectivity index is 1.18. The molecule has 4 rings (SSSR count). The van der Waals surface area contributed by atoms with Crippen LogP contribution in [0.15, 0.2) is 49.7 Å². The van der Waals surface area contributed by atoms with Crippen LogP contribution in [0.2, 0.25) is 0 Å². The molecule has 10 heteroatoms. The monoisotopic (exact) mass is 454 g/mol. The molecule has 0 aliphatic carbocycles. The number of aromatic nitrogens is 5. The van der Waals surface area contributed by atoms with Crippen molar-refractivity contribution in [3.8, 4) is 0 Å². The Bertz CT molecular complexity index is 932. The van der Waals surface area contributed by atoms with E-state index in [0.29, 0.717) is 18.9 Å². The van der Waals surface area contributed by atoms with Gasteiger partial charge in [-0.05, 0) is 18.9 Å². The van der Waals surface area contributed by atoms with E-state index in [2.05, 4.69) is 33.9 Å². The molecule has 0 saturated carbocycles. The number of ether oxygens (including phenoxy) is 2. The molecule has 0 amide bonds. The second kappa shape index (κ2) is 12.2. The highest BCUT2D eigenvalue weighted by Gasteiger charge is 2.23. The first kappa shape index (κ1) is 23.1. The van der Waals surface area contributed by atoms with Gasteiger partial charge in [0.25, 0.3) is 0 Å². The normalized spacial score (nSPS) is 13.5. The summed E-state index contributed by atoms with van der Waals surface area (Å²) in [5.74, 6) is 0.970. The first-order valence-electron chi connectivity index (χ1n) is 11.6. The fourth-order valence-corrected chi connectivity index (χ4v) is 3.95. The summed E-state index contributed by atoms with van der Waals surface area (Å²) in [4.78, 5) is 17.3. The van der Waals surface area contributed by atoms with Crippen molar-refractivity contribution in [1.82, 2.24) is 24.1 Å². The smallest absolute Gasteiger partial charge is 0.152 e. The number of fused-ring (bicyclic) bond motifs is 1. The molecule has 10 nitrogen and oxygen atoms in total. The summed E-state index contributed by atoms with van der Waals surface area (Å²) < 4.78 is 15.9. The predicted octanol–water partition coefficient (Wildman–Crippen LogP) is 1.90. The Kier molecular flexibility index (Phi) is 8.54. The summed E-state index contributed by atoms with van der Waals surface area (Å²) in [6.07, 6.45) is 14.9. The van der Waals surface area contributed by atoms with Crippen LogP contribution in [-0.2, 0) is 22.6 Å². The van der Waals surface area contributed by atoms with Gasteiger partial charge in [0.05, 0.1) is 43.4 Å². The number of anilines is 3. The van der Waals surface area contributed by atoms with Gasteiger partial charge in [-0.15, -0.1) is 0 Å². The molecule has 0 atom stereocenters. The molecule has 0 radical (unpaired) electrons. The van der Waals surface area contributed by atoms with Gasteiger partial charge in [-0.25, -0.2) is 15.0 Å². The van der Waals surface area contributed by atoms with E-state index in [1.165, 1.54) is 0 Å². The maximum absolute atomic E-state index is 6.05. The number of aryl methyl sites for hydroxylation is 2. The van der Waals surface area contributed by atoms with Crippen LogP contribution in [0.1, 0.15) is 12.8 Å². The summed E-state index contributed by atoms with van der Waals surface area (Å²) in [5, 5.41) is 0. The lowest BCUT2D eigenvalue weighted by molar-refractivity contribution is 0.132.